The highest BCUT2D eigenvalue weighted by Crippen LogP contribution is 2.52. The largest absolute Gasteiger partial charge is 0.507 e. The van der Waals surface area contributed by atoms with Gasteiger partial charge in [0.25, 0.3) is 0 Å². The number of carbonyl (C=O) groups excluding carboxylic acids is 11. The minimum atomic E-state index is -2.43. The molecule has 11 N–H and O–H groups in total. The molecule has 2 saturated heterocycles. The standard InChI is InChI=1S/C61H74N8O20S/c1-7-44(74)67-28-68(45(75)8-2)30-69(29-67)46(76)18-20-90-27-43(73)66-52(31(3)4)39(71)21-34(11-10-19-63-59(62)83)58(82)64-35-16-14-33(15-17-35)26-87-60(84)65-38-22-47(88-32(5)53(38)77)89-41-24-61(85,42(72)25-70)23-37-49(41)57(81)51-50(55(37)79)54(78)36-12-9-13-40(86-6)48(36)56(51)80/h7-9,12-17,31-32,34,38,41,47,52-53,70,77,79,81,85H,1-2,10-11,18-30H2,3-6H3,(H,64,82)(H,65,84)(H,66,73)(H3,62,63,83)/t32-,34+,38-,41-,47-,52-,53-,61-/m0/s1. The number of phenolic OH excluding ortho intramolecular Hbond substituents is 2. The van der Waals surface area contributed by atoms with E-state index in [1.54, 1.807) is 26.0 Å². The van der Waals surface area contributed by atoms with Crippen molar-refractivity contribution in [2.24, 2.45) is 17.6 Å². The predicted octanol–water partition coefficient (Wildman–Crippen LogP) is 1.94. The van der Waals surface area contributed by atoms with Crippen LogP contribution in [0.5, 0.6) is 17.2 Å². The summed E-state index contributed by atoms with van der Waals surface area (Å²) >= 11 is 1.13. The summed E-state index contributed by atoms with van der Waals surface area (Å²) in [7, 11) is 1.28. The molecule has 2 aliphatic carbocycles. The second-order valence-electron chi connectivity index (χ2n) is 22.4. The summed E-state index contributed by atoms with van der Waals surface area (Å²) in [5.41, 5.74) is 1.50. The van der Waals surface area contributed by atoms with Crippen LogP contribution < -0.4 is 31.7 Å². The van der Waals surface area contributed by atoms with Crippen LogP contribution in [0.1, 0.15) is 114 Å². The topological polar surface area (TPSA) is 410 Å². The van der Waals surface area contributed by atoms with E-state index in [-0.39, 0.29) is 111 Å². The van der Waals surface area contributed by atoms with Crippen LogP contribution in [-0.4, -0.2) is 193 Å². The molecule has 29 heteroatoms. The Morgan fingerprint density at radius 3 is 2.19 bits per heavy atom. The molecule has 3 aromatic carbocycles. The number of anilines is 1. The van der Waals surface area contributed by atoms with Crippen LogP contribution in [0, 0.1) is 11.8 Å². The summed E-state index contributed by atoms with van der Waals surface area (Å²) in [5, 5.41) is 66.9. The summed E-state index contributed by atoms with van der Waals surface area (Å²) in [4.78, 5) is 149. The molecule has 0 aromatic heterocycles. The summed E-state index contributed by atoms with van der Waals surface area (Å²) in [5.74, 6) is -8.48. The second-order valence-corrected chi connectivity index (χ2v) is 23.5. The van der Waals surface area contributed by atoms with Crippen LogP contribution in [0.2, 0.25) is 0 Å². The molecule has 7 rings (SSSR count). The number of primary amides is 1. The van der Waals surface area contributed by atoms with Crippen molar-refractivity contribution in [1.82, 2.24) is 30.7 Å². The van der Waals surface area contributed by atoms with Crippen molar-refractivity contribution in [2.75, 3.05) is 57.1 Å². The van der Waals surface area contributed by atoms with Crippen LogP contribution in [0.15, 0.2) is 67.8 Å². The first-order valence-corrected chi connectivity index (χ1v) is 30.0. The smallest absolute Gasteiger partial charge is 0.407 e. The predicted molar refractivity (Wildman–Crippen MR) is 320 cm³/mol. The summed E-state index contributed by atoms with van der Waals surface area (Å²) in [6, 6.07) is 7.45. The van der Waals surface area contributed by atoms with Crippen molar-refractivity contribution >= 4 is 82.2 Å². The molecule has 2 aliphatic heterocycles. The van der Waals surface area contributed by atoms with Gasteiger partial charge in [-0.05, 0) is 61.6 Å². The lowest BCUT2D eigenvalue weighted by Gasteiger charge is -2.42. The molecule has 28 nitrogen and oxygen atoms in total. The number of nitrogens with two attached hydrogens (primary N) is 1. The molecule has 0 bridgehead atoms. The minimum Gasteiger partial charge on any atom is -0.507 e. The molecule has 8 amide bonds. The van der Waals surface area contributed by atoms with Crippen LogP contribution >= 0.6 is 11.8 Å². The zero-order valence-electron chi connectivity index (χ0n) is 50.0. The number of amides is 8. The molecular weight excluding hydrogens is 1200 g/mol. The molecule has 2 fully saturated rings. The van der Waals surface area contributed by atoms with Gasteiger partial charge in [0, 0.05) is 72.7 Å². The van der Waals surface area contributed by atoms with E-state index in [1.165, 1.54) is 59.1 Å². The fraction of sp³-hybridized carbons (Fsp3) is 0.459. The first-order valence-electron chi connectivity index (χ1n) is 28.8. The van der Waals surface area contributed by atoms with Crippen LogP contribution in [0.4, 0.5) is 15.3 Å². The fourth-order valence-corrected chi connectivity index (χ4v) is 11.9. The third-order valence-corrected chi connectivity index (χ3v) is 16.8. The Balaban J connectivity index is 0.941. The maximum absolute atomic E-state index is 14.1. The van der Waals surface area contributed by atoms with E-state index in [4.69, 9.17) is 24.7 Å². The van der Waals surface area contributed by atoms with Gasteiger partial charge in [-0.25, -0.2) is 9.59 Å². The zero-order chi connectivity index (χ0) is 65.9. The number of Topliss-reactive ketones (excluding diaryl/α,β-unsaturated/α-hetero) is 2. The second kappa shape index (κ2) is 30.2. The number of aromatic hydroxyl groups is 2. The number of rotatable bonds is 26. The van der Waals surface area contributed by atoms with E-state index in [2.05, 4.69) is 34.4 Å². The molecule has 3 aromatic rings. The average Bonchev–Trinajstić information content (AvgIpc) is 0.732. The van der Waals surface area contributed by atoms with Gasteiger partial charge < -0.3 is 86.2 Å². The lowest BCUT2D eigenvalue weighted by atomic mass is 9.72. The number of fused-ring (bicyclic) bond motifs is 3. The molecular formula is C61H74N8O20S. The van der Waals surface area contributed by atoms with Crippen molar-refractivity contribution in [3.05, 3.63) is 107 Å². The van der Waals surface area contributed by atoms with Gasteiger partial charge in [0.1, 0.15) is 42.2 Å². The highest BCUT2D eigenvalue weighted by Gasteiger charge is 2.51. The Kier molecular flexibility index (Phi) is 23.1. The third kappa shape index (κ3) is 16.0. The lowest BCUT2D eigenvalue weighted by Crippen LogP contribution is -2.59. The number of benzene rings is 3. The zero-order valence-corrected chi connectivity index (χ0v) is 50.8. The Bertz CT molecular complexity index is 3300. The lowest BCUT2D eigenvalue weighted by molar-refractivity contribution is -0.249. The van der Waals surface area contributed by atoms with Gasteiger partial charge in [0.15, 0.2) is 23.6 Å². The number of hydrogen-bond donors (Lipinski definition) is 10. The van der Waals surface area contributed by atoms with Gasteiger partial charge >= 0.3 is 12.1 Å². The van der Waals surface area contributed by atoms with Crippen molar-refractivity contribution in [3.63, 3.8) is 0 Å². The number of urea groups is 1. The molecule has 0 unspecified atom stereocenters. The normalized spacial score (nSPS) is 20.9. The summed E-state index contributed by atoms with van der Waals surface area (Å²) in [6.07, 6.45) is -5.80. The molecule has 2 heterocycles. The number of carbonyl (C=O) groups is 11. The van der Waals surface area contributed by atoms with Gasteiger partial charge in [-0.2, -0.15) is 11.8 Å². The molecule has 484 valence electrons. The van der Waals surface area contributed by atoms with Crippen LogP contribution in [0.3, 0.4) is 0 Å². The number of hydrogen-bond acceptors (Lipinski definition) is 21. The van der Waals surface area contributed by atoms with E-state index in [0.29, 0.717) is 11.3 Å². The Labute approximate surface area is 521 Å². The highest BCUT2D eigenvalue weighted by atomic mass is 32.2. The van der Waals surface area contributed by atoms with Crippen molar-refractivity contribution < 1.29 is 97.2 Å². The molecule has 4 aliphatic rings. The van der Waals surface area contributed by atoms with E-state index >= 15 is 0 Å². The minimum absolute atomic E-state index is 0.0146. The highest BCUT2D eigenvalue weighted by molar-refractivity contribution is 7.99. The van der Waals surface area contributed by atoms with Crippen molar-refractivity contribution in [1.29, 1.82) is 0 Å². The number of ketones is 4. The van der Waals surface area contributed by atoms with Gasteiger partial charge in [-0.15, -0.1) is 0 Å². The number of phenols is 2. The van der Waals surface area contributed by atoms with E-state index in [1.807, 2.05) is 0 Å². The number of nitrogens with zero attached hydrogens (tertiary/aromatic N) is 3. The van der Waals surface area contributed by atoms with Crippen molar-refractivity contribution in [2.45, 2.75) is 115 Å². The summed E-state index contributed by atoms with van der Waals surface area (Å²) in [6.45, 7) is 10.3. The van der Waals surface area contributed by atoms with Crippen molar-refractivity contribution in [3.8, 4) is 17.2 Å². The Morgan fingerprint density at radius 1 is 0.911 bits per heavy atom. The molecule has 90 heavy (non-hydrogen) atoms. The fourth-order valence-electron chi connectivity index (χ4n) is 11.1. The third-order valence-electron chi connectivity index (χ3n) is 15.9. The number of aliphatic hydroxyl groups is 3. The molecule has 8 atom stereocenters. The first-order chi connectivity index (χ1) is 42.7. The van der Waals surface area contributed by atoms with E-state index < -0.39 is 155 Å². The van der Waals surface area contributed by atoms with Gasteiger partial charge in [0.05, 0.1) is 73.9 Å². The van der Waals surface area contributed by atoms with E-state index in [9.17, 15) is 78.3 Å². The van der Waals surface area contributed by atoms with Gasteiger partial charge in [-0.3, -0.25) is 43.2 Å². The summed E-state index contributed by atoms with van der Waals surface area (Å²) < 4.78 is 23.0. The monoisotopic (exact) mass is 1270 g/mol. The van der Waals surface area contributed by atoms with Gasteiger partial charge in [-0.1, -0.05) is 51.3 Å². The number of aliphatic hydroxyl groups excluding tert-OH is 2. The van der Waals surface area contributed by atoms with Crippen LogP contribution in [0.25, 0.3) is 0 Å². The SMILES string of the molecule is C=CC(=O)N1CN(C(=O)C=C)CN(C(=O)CCSCC(=O)N[C@H](C(=O)C[C@@H](CCCNC(N)=O)C(=O)Nc2ccc(COC(=O)N[C@H]3C[C@H](O[C@H]4C[C@](O)(C(=O)CO)Cc5c(O)c6c(c(O)c54)C(=O)c4c(OC)cccc4C6=O)O[C@@H](C)[C@@H]3O)cc2)C(C)C)C1. The number of thioether (sulfide) groups is 1. The number of nitrogens with one attached hydrogen (secondary N) is 4. The molecule has 0 saturated carbocycles. The quantitative estimate of drug-likeness (QED) is 0.0244. The average molecular weight is 1270 g/mol. The van der Waals surface area contributed by atoms with Crippen LogP contribution in [-0.2, 0) is 60.8 Å². The Hall–Kier alpha value is -8.74. The maximum atomic E-state index is 14.1. The number of alkyl carbamates (subject to hydrolysis) is 1. The Morgan fingerprint density at radius 2 is 1.57 bits per heavy atom. The first kappa shape index (κ1) is 68.7. The van der Waals surface area contributed by atoms with E-state index in [0.717, 1.165) is 23.9 Å². The number of methoxy groups -OCH3 is 1. The number of ether oxygens (including phenoxy) is 4. The molecule has 0 spiro atoms. The van der Waals surface area contributed by atoms with Gasteiger partial charge in [0.2, 0.25) is 35.3 Å². The maximum Gasteiger partial charge on any atom is 0.407 e. The molecule has 0 radical (unpaired) electrons.